The summed E-state index contributed by atoms with van der Waals surface area (Å²) in [6, 6.07) is 0. The van der Waals surface area contributed by atoms with Gasteiger partial charge in [0.25, 0.3) is 0 Å². The van der Waals surface area contributed by atoms with Gasteiger partial charge in [-0.15, -0.1) is 6.58 Å². The highest BCUT2D eigenvalue weighted by molar-refractivity contribution is 5.94. The molecule has 0 fully saturated rings. The molecule has 0 aromatic carbocycles. The molecular formula is C13H21N3O. The Morgan fingerprint density at radius 1 is 1.59 bits per heavy atom. The molecule has 0 bridgehead atoms. The van der Waals surface area contributed by atoms with Crippen molar-refractivity contribution in [1.29, 1.82) is 0 Å². The number of rotatable bonds is 5. The monoisotopic (exact) mass is 235 g/mol. The lowest BCUT2D eigenvalue weighted by Gasteiger charge is -2.16. The molecule has 0 saturated heterocycles. The van der Waals surface area contributed by atoms with E-state index in [2.05, 4.69) is 17.0 Å². The summed E-state index contributed by atoms with van der Waals surface area (Å²) in [6.07, 6.45) is 7.41. The number of carbonyl (C=O) groups is 1. The van der Waals surface area contributed by atoms with Gasteiger partial charge in [-0.25, -0.2) is 0 Å². The zero-order valence-corrected chi connectivity index (χ0v) is 10.9. The number of hydrogen-bond acceptors (Lipinski definition) is 2. The topological polar surface area (TPSA) is 46.9 Å². The smallest absolute Gasteiger partial charge is 0.229 e. The molecule has 1 heterocycles. The second kappa shape index (κ2) is 5.66. The second-order valence-electron chi connectivity index (χ2n) is 5.13. The maximum atomic E-state index is 11.7. The predicted octanol–water partition coefficient (Wildman–Crippen LogP) is 2.83. The number of unbranched alkanes of at least 4 members (excludes halogenated alkanes) is 1. The Hall–Kier alpha value is -1.58. The average Bonchev–Trinajstić information content (AvgIpc) is 2.65. The van der Waals surface area contributed by atoms with Crippen molar-refractivity contribution in [2.75, 3.05) is 5.32 Å². The molecule has 0 atom stereocenters. The van der Waals surface area contributed by atoms with Gasteiger partial charge in [-0.3, -0.25) is 9.48 Å². The molecule has 1 amide bonds. The van der Waals surface area contributed by atoms with Gasteiger partial charge in [-0.1, -0.05) is 26.8 Å². The third kappa shape index (κ3) is 4.43. The number of nitrogens with one attached hydrogen (secondary N) is 1. The number of hydrogen-bond donors (Lipinski definition) is 1. The largest absolute Gasteiger partial charge is 0.323 e. The van der Waals surface area contributed by atoms with Crippen LogP contribution in [0.1, 0.15) is 33.6 Å². The quantitative estimate of drug-likeness (QED) is 0.630. The third-order valence-electron chi connectivity index (χ3n) is 2.37. The van der Waals surface area contributed by atoms with Crippen LogP contribution < -0.4 is 5.32 Å². The zero-order valence-electron chi connectivity index (χ0n) is 10.9. The molecule has 1 rings (SSSR count). The summed E-state index contributed by atoms with van der Waals surface area (Å²) in [4.78, 5) is 11.7. The molecule has 17 heavy (non-hydrogen) atoms. The minimum absolute atomic E-state index is 0.00291. The van der Waals surface area contributed by atoms with E-state index < -0.39 is 0 Å². The van der Waals surface area contributed by atoms with Gasteiger partial charge < -0.3 is 5.32 Å². The first kappa shape index (κ1) is 13.5. The van der Waals surface area contributed by atoms with Crippen molar-refractivity contribution in [2.45, 2.75) is 40.2 Å². The molecule has 0 unspecified atom stereocenters. The van der Waals surface area contributed by atoms with Crippen molar-refractivity contribution in [3.05, 3.63) is 25.0 Å². The SMILES string of the molecule is C=CCCCn1cc(NC(=O)C(C)(C)C)cn1. The van der Waals surface area contributed by atoms with Crippen LogP contribution in [-0.2, 0) is 11.3 Å². The molecule has 1 N–H and O–H groups in total. The first-order valence-electron chi connectivity index (χ1n) is 5.88. The van der Waals surface area contributed by atoms with Crippen molar-refractivity contribution in [2.24, 2.45) is 5.41 Å². The number of nitrogens with zero attached hydrogens (tertiary/aromatic N) is 2. The number of aromatic nitrogens is 2. The fourth-order valence-electron chi connectivity index (χ4n) is 1.27. The van der Waals surface area contributed by atoms with Crippen LogP contribution in [0.2, 0.25) is 0 Å². The fourth-order valence-corrected chi connectivity index (χ4v) is 1.27. The molecule has 0 aliphatic carbocycles. The molecule has 4 heteroatoms. The van der Waals surface area contributed by atoms with Crippen LogP contribution in [0.25, 0.3) is 0 Å². The Balaban J connectivity index is 2.51. The minimum Gasteiger partial charge on any atom is -0.323 e. The molecule has 0 aliphatic rings. The molecule has 94 valence electrons. The molecular weight excluding hydrogens is 214 g/mol. The van der Waals surface area contributed by atoms with Crippen LogP contribution in [0.3, 0.4) is 0 Å². The van der Waals surface area contributed by atoms with Gasteiger partial charge in [-0.2, -0.15) is 5.10 Å². The van der Waals surface area contributed by atoms with Crippen molar-refractivity contribution in [3.8, 4) is 0 Å². The van der Waals surface area contributed by atoms with Crippen molar-refractivity contribution in [1.82, 2.24) is 9.78 Å². The van der Waals surface area contributed by atoms with Crippen molar-refractivity contribution >= 4 is 11.6 Å². The zero-order chi connectivity index (χ0) is 12.9. The van der Waals surface area contributed by atoms with E-state index in [-0.39, 0.29) is 11.3 Å². The summed E-state index contributed by atoms with van der Waals surface area (Å²) in [6.45, 7) is 10.2. The third-order valence-corrected chi connectivity index (χ3v) is 2.37. The van der Waals surface area contributed by atoms with E-state index in [1.54, 1.807) is 6.20 Å². The summed E-state index contributed by atoms with van der Waals surface area (Å²) in [5.74, 6) is 0.00291. The van der Waals surface area contributed by atoms with E-state index in [1.165, 1.54) is 0 Å². The van der Waals surface area contributed by atoms with Crippen molar-refractivity contribution < 1.29 is 4.79 Å². The summed E-state index contributed by atoms with van der Waals surface area (Å²) in [7, 11) is 0. The Labute approximate surface area is 103 Å². The average molecular weight is 235 g/mol. The molecule has 1 aromatic heterocycles. The van der Waals surface area contributed by atoms with Gasteiger partial charge >= 0.3 is 0 Å². The van der Waals surface area contributed by atoms with Crippen LogP contribution in [0.5, 0.6) is 0 Å². The lowest BCUT2D eigenvalue weighted by Crippen LogP contribution is -2.27. The minimum atomic E-state index is -0.384. The molecule has 0 radical (unpaired) electrons. The Morgan fingerprint density at radius 3 is 2.88 bits per heavy atom. The fraction of sp³-hybridized carbons (Fsp3) is 0.538. The number of carbonyl (C=O) groups excluding carboxylic acids is 1. The van der Waals surface area contributed by atoms with E-state index in [9.17, 15) is 4.79 Å². The molecule has 4 nitrogen and oxygen atoms in total. The Bertz CT molecular complexity index is 388. The number of anilines is 1. The van der Waals surface area contributed by atoms with Crippen molar-refractivity contribution in [3.63, 3.8) is 0 Å². The molecule has 1 aromatic rings. The highest BCUT2D eigenvalue weighted by Crippen LogP contribution is 2.16. The first-order valence-corrected chi connectivity index (χ1v) is 5.88. The van der Waals surface area contributed by atoms with Gasteiger partial charge in [0.2, 0.25) is 5.91 Å². The van der Waals surface area contributed by atoms with Crippen LogP contribution >= 0.6 is 0 Å². The van der Waals surface area contributed by atoms with Gasteiger partial charge in [-0.05, 0) is 12.8 Å². The summed E-state index contributed by atoms with van der Waals surface area (Å²) < 4.78 is 1.84. The van der Waals surface area contributed by atoms with Crippen LogP contribution in [0.15, 0.2) is 25.0 Å². The summed E-state index contributed by atoms with van der Waals surface area (Å²) >= 11 is 0. The van der Waals surface area contributed by atoms with E-state index in [1.807, 2.05) is 37.7 Å². The van der Waals surface area contributed by atoms with E-state index in [4.69, 9.17) is 0 Å². The number of allylic oxidation sites excluding steroid dienone is 1. The van der Waals surface area contributed by atoms with Crippen LogP contribution in [0, 0.1) is 5.41 Å². The van der Waals surface area contributed by atoms with Gasteiger partial charge in [0.05, 0.1) is 11.9 Å². The standard InChI is InChI=1S/C13H21N3O/c1-5-6-7-8-16-10-11(9-14-16)15-12(17)13(2,3)4/h5,9-10H,1,6-8H2,2-4H3,(H,15,17). The highest BCUT2D eigenvalue weighted by Gasteiger charge is 2.21. The Morgan fingerprint density at radius 2 is 2.29 bits per heavy atom. The van der Waals surface area contributed by atoms with E-state index >= 15 is 0 Å². The lowest BCUT2D eigenvalue weighted by atomic mass is 9.96. The summed E-state index contributed by atoms with van der Waals surface area (Å²) in [5, 5.41) is 7.04. The van der Waals surface area contributed by atoms with Gasteiger partial charge in [0.15, 0.2) is 0 Å². The van der Waals surface area contributed by atoms with Crippen LogP contribution in [0.4, 0.5) is 5.69 Å². The second-order valence-corrected chi connectivity index (χ2v) is 5.13. The maximum Gasteiger partial charge on any atom is 0.229 e. The van der Waals surface area contributed by atoms with E-state index in [0.717, 1.165) is 25.1 Å². The predicted molar refractivity (Wildman–Crippen MR) is 69.7 cm³/mol. The highest BCUT2D eigenvalue weighted by atomic mass is 16.2. The Kier molecular flexibility index (Phi) is 4.49. The summed E-state index contributed by atoms with van der Waals surface area (Å²) in [5.41, 5.74) is 0.369. The molecule has 0 aliphatic heterocycles. The van der Waals surface area contributed by atoms with Gasteiger partial charge in [0.1, 0.15) is 0 Å². The molecule has 0 spiro atoms. The normalized spacial score (nSPS) is 11.2. The number of amides is 1. The van der Waals surface area contributed by atoms with Gasteiger partial charge in [0, 0.05) is 18.2 Å². The first-order chi connectivity index (χ1) is 7.93. The number of aryl methyl sites for hydroxylation is 1. The van der Waals surface area contributed by atoms with E-state index in [0.29, 0.717) is 0 Å². The van der Waals surface area contributed by atoms with Crippen LogP contribution in [-0.4, -0.2) is 15.7 Å². The molecule has 0 saturated carbocycles. The maximum absolute atomic E-state index is 11.7. The lowest BCUT2D eigenvalue weighted by molar-refractivity contribution is -0.123.